The minimum Gasteiger partial charge on any atom is -0.325 e. The molecule has 132 valence electrons. The van der Waals surface area contributed by atoms with Gasteiger partial charge >= 0.3 is 6.18 Å². The monoisotopic (exact) mass is 355 g/mol. The Kier molecular flexibility index (Phi) is 5.07. The molecule has 1 N–H and O–H groups in total. The van der Waals surface area contributed by atoms with Crippen molar-refractivity contribution in [3.05, 3.63) is 90.0 Å². The number of rotatable bonds is 4. The summed E-state index contributed by atoms with van der Waals surface area (Å²) in [6.45, 7) is 0. The molecule has 0 bridgehead atoms. The number of carbonyl (C=O) groups is 1. The Balaban J connectivity index is 1.78. The number of amides is 1. The minimum absolute atomic E-state index is 0.132. The second kappa shape index (κ2) is 7.44. The van der Waals surface area contributed by atoms with E-state index in [4.69, 9.17) is 0 Å². The number of hydrogen-bond acceptors (Lipinski definition) is 1. The smallest absolute Gasteiger partial charge is 0.325 e. The number of benzene rings is 3. The lowest BCUT2D eigenvalue weighted by molar-refractivity contribution is -0.137. The molecule has 3 rings (SSSR count). The van der Waals surface area contributed by atoms with Crippen molar-refractivity contribution in [2.24, 2.45) is 0 Å². The van der Waals surface area contributed by atoms with Crippen molar-refractivity contribution in [3.63, 3.8) is 0 Å². The van der Waals surface area contributed by atoms with Crippen molar-refractivity contribution < 1.29 is 18.0 Å². The van der Waals surface area contributed by atoms with Gasteiger partial charge in [0, 0.05) is 11.3 Å². The Morgan fingerprint density at radius 2 is 1.54 bits per heavy atom. The quantitative estimate of drug-likeness (QED) is 0.653. The van der Waals surface area contributed by atoms with E-state index < -0.39 is 11.7 Å². The molecule has 26 heavy (non-hydrogen) atoms. The van der Waals surface area contributed by atoms with Crippen LogP contribution in [-0.2, 0) is 17.4 Å². The zero-order chi connectivity index (χ0) is 18.6. The standard InChI is InChI=1S/C21H16F3NO/c22-21(23,24)17-10-6-7-15(13-17)14-20(26)25-19-12-5-4-11-18(19)16-8-2-1-3-9-16/h1-13H,14H2,(H,25,26). The SMILES string of the molecule is O=C(Cc1cccc(C(F)(F)F)c1)Nc1ccccc1-c1ccccc1. The predicted molar refractivity (Wildman–Crippen MR) is 95.7 cm³/mol. The maximum atomic E-state index is 12.8. The molecular formula is C21H16F3NO. The van der Waals surface area contributed by atoms with Gasteiger partial charge in [0.15, 0.2) is 0 Å². The number of nitrogens with one attached hydrogen (secondary N) is 1. The van der Waals surface area contributed by atoms with E-state index in [9.17, 15) is 18.0 Å². The number of carbonyl (C=O) groups excluding carboxylic acids is 1. The summed E-state index contributed by atoms with van der Waals surface area (Å²) in [5, 5.41) is 2.80. The molecule has 0 aliphatic heterocycles. The number of para-hydroxylation sites is 1. The predicted octanol–water partition coefficient (Wildman–Crippen LogP) is 5.55. The lowest BCUT2D eigenvalue weighted by Gasteiger charge is -2.12. The second-order valence-electron chi connectivity index (χ2n) is 5.83. The molecule has 0 aromatic heterocycles. The van der Waals surface area contributed by atoms with Gasteiger partial charge in [0.2, 0.25) is 5.91 Å². The summed E-state index contributed by atoms with van der Waals surface area (Å²) in [6, 6.07) is 21.7. The van der Waals surface area contributed by atoms with Crippen LogP contribution in [-0.4, -0.2) is 5.91 Å². The van der Waals surface area contributed by atoms with Gasteiger partial charge < -0.3 is 5.32 Å². The van der Waals surface area contributed by atoms with E-state index in [1.54, 1.807) is 12.1 Å². The lowest BCUT2D eigenvalue weighted by Crippen LogP contribution is -2.15. The Morgan fingerprint density at radius 1 is 0.846 bits per heavy atom. The maximum Gasteiger partial charge on any atom is 0.416 e. The molecule has 3 aromatic carbocycles. The zero-order valence-corrected chi connectivity index (χ0v) is 13.8. The van der Waals surface area contributed by atoms with Crippen molar-refractivity contribution in [2.75, 3.05) is 5.32 Å². The minimum atomic E-state index is -4.42. The molecule has 0 saturated carbocycles. The van der Waals surface area contributed by atoms with Crippen LogP contribution in [0.25, 0.3) is 11.1 Å². The molecule has 0 atom stereocenters. The van der Waals surface area contributed by atoms with Gasteiger partial charge in [-0.3, -0.25) is 4.79 Å². The second-order valence-corrected chi connectivity index (χ2v) is 5.83. The third-order valence-electron chi connectivity index (χ3n) is 3.90. The van der Waals surface area contributed by atoms with E-state index in [1.165, 1.54) is 12.1 Å². The molecule has 0 spiro atoms. The Morgan fingerprint density at radius 3 is 2.27 bits per heavy atom. The van der Waals surface area contributed by atoms with Crippen LogP contribution in [0.15, 0.2) is 78.9 Å². The van der Waals surface area contributed by atoms with E-state index >= 15 is 0 Å². The normalized spacial score (nSPS) is 11.2. The topological polar surface area (TPSA) is 29.1 Å². The van der Waals surface area contributed by atoms with Crippen molar-refractivity contribution in [1.29, 1.82) is 0 Å². The molecule has 0 heterocycles. The molecule has 0 saturated heterocycles. The average Bonchev–Trinajstić information content (AvgIpc) is 2.62. The zero-order valence-electron chi connectivity index (χ0n) is 13.8. The maximum absolute atomic E-state index is 12.8. The lowest BCUT2D eigenvalue weighted by atomic mass is 10.0. The number of halogens is 3. The number of hydrogen-bond donors (Lipinski definition) is 1. The fourth-order valence-electron chi connectivity index (χ4n) is 2.70. The highest BCUT2D eigenvalue weighted by molar-refractivity contribution is 5.96. The van der Waals surface area contributed by atoms with Crippen LogP contribution in [0.1, 0.15) is 11.1 Å². The van der Waals surface area contributed by atoms with E-state index in [-0.39, 0.29) is 12.3 Å². The highest BCUT2D eigenvalue weighted by Crippen LogP contribution is 2.30. The van der Waals surface area contributed by atoms with Gasteiger partial charge in [-0.15, -0.1) is 0 Å². The van der Waals surface area contributed by atoms with Gasteiger partial charge in [-0.05, 0) is 23.3 Å². The molecule has 5 heteroatoms. The summed E-state index contributed by atoms with van der Waals surface area (Å²) in [5.41, 5.74) is 1.98. The largest absolute Gasteiger partial charge is 0.416 e. The molecule has 0 fully saturated rings. The molecule has 1 amide bonds. The first-order valence-corrected chi connectivity index (χ1v) is 8.04. The van der Waals surface area contributed by atoms with Crippen LogP contribution in [0.5, 0.6) is 0 Å². The highest BCUT2D eigenvalue weighted by Gasteiger charge is 2.30. The first-order valence-electron chi connectivity index (χ1n) is 8.04. The molecule has 0 aliphatic rings. The first kappa shape index (κ1) is 17.7. The Hall–Kier alpha value is -3.08. The van der Waals surface area contributed by atoms with Crippen LogP contribution in [0, 0.1) is 0 Å². The summed E-state index contributed by atoms with van der Waals surface area (Å²) >= 11 is 0. The Bertz CT molecular complexity index is 904. The van der Waals surface area contributed by atoms with E-state index in [0.717, 1.165) is 23.3 Å². The van der Waals surface area contributed by atoms with Crippen molar-refractivity contribution in [2.45, 2.75) is 12.6 Å². The van der Waals surface area contributed by atoms with Gasteiger partial charge in [-0.2, -0.15) is 13.2 Å². The van der Waals surface area contributed by atoms with E-state index in [2.05, 4.69) is 5.32 Å². The summed E-state index contributed by atoms with van der Waals surface area (Å²) < 4.78 is 38.4. The molecule has 3 aromatic rings. The molecule has 0 unspecified atom stereocenters. The number of alkyl halides is 3. The van der Waals surface area contributed by atoms with E-state index in [0.29, 0.717) is 11.3 Å². The van der Waals surface area contributed by atoms with Crippen LogP contribution in [0.2, 0.25) is 0 Å². The van der Waals surface area contributed by atoms with Gasteiger partial charge in [-0.1, -0.05) is 66.7 Å². The highest BCUT2D eigenvalue weighted by atomic mass is 19.4. The van der Waals surface area contributed by atoms with Gasteiger partial charge in [0.1, 0.15) is 0 Å². The Labute approximate surface area is 149 Å². The van der Waals surface area contributed by atoms with Gasteiger partial charge in [0.05, 0.1) is 12.0 Å². The first-order chi connectivity index (χ1) is 12.4. The molecule has 2 nitrogen and oxygen atoms in total. The van der Waals surface area contributed by atoms with E-state index in [1.807, 2.05) is 42.5 Å². The van der Waals surface area contributed by atoms with Crippen LogP contribution >= 0.6 is 0 Å². The van der Waals surface area contributed by atoms with Crippen LogP contribution < -0.4 is 5.32 Å². The van der Waals surface area contributed by atoms with Crippen molar-refractivity contribution in [1.82, 2.24) is 0 Å². The van der Waals surface area contributed by atoms with Crippen LogP contribution in [0.4, 0.5) is 18.9 Å². The van der Waals surface area contributed by atoms with Crippen molar-refractivity contribution in [3.8, 4) is 11.1 Å². The fourth-order valence-corrected chi connectivity index (χ4v) is 2.70. The summed E-state index contributed by atoms with van der Waals surface area (Å²) in [5.74, 6) is -0.368. The van der Waals surface area contributed by atoms with Gasteiger partial charge in [0.25, 0.3) is 0 Å². The molecule has 0 radical (unpaired) electrons. The van der Waals surface area contributed by atoms with Crippen molar-refractivity contribution >= 4 is 11.6 Å². The summed E-state index contributed by atoms with van der Waals surface area (Å²) in [4.78, 5) is 12.3. The third-order valence-corrected chi connectivity index (χ3v) is 3.90. The molecular weight excluding hydrogens is 339 g/mol. The van der Waals surface area contributed by atoms with Crippen LogP contribution in [0.3, 0.4) is 0 Å². The summed E-state index contributed by atoms with van der Waals surface area (Å²) in [6.07, 6.45) is -4.56. The fraction of sp³-hybridized carbons (Fsp3) is 0.0952. The molecule has 0 aliphatic carbocycles. The summed E-state index contributed by atoms with van der Waals surface area (Å²) in [7, 11) is 0. The third kappa shape index (κ3) is 4.30. The number of anilines is 1. The average molecular weight is 355 g/mol. The van der Waals surface area contributed by atoms with Gasteiger partial charge in [-0.25, -0.2) is 0 Å².